The number of amides is 2. The van der Waals surface area contributed by atoms with Crippen LogP contribution in [-0.2, 0) is 16.0 Å². The molecule has 2 aromatic rings. The number of carbonyl (C=O) groups excluding carboxylic acids is 2. The molecule has 0 radical (unpaired) electrons. The third-order valence-corrected chi connectivity index (χ3v) is 6.08. The average Bonchev–Trinajstić information content (AvgIpc) is 3.21. The van der Waals surface area contributed by atoms with Crippen molar-refractivity contribution in [1.82, 2.24) is 10.2 Å². The van der Waals surface area contributed by atoms with Crippen LogP contribution in [-0.4, -0.2) is 36.3 Å². The van der Waals surface area contributed by atoms with Crippen molar-refractivity contribution in [3.05, 3.63) is 60.2 Å². The number of rotatable bonds is 4. The van der Waals surface area contributed by atoms with E-state index in [0.717, 1.165) is 42.4 Å². The highest BCUT2D eigenvalue weighted by molar-refractivity contribution is 5.83. The van der Waals surface area contributed by atoms with Crippen LogP contribution in [0.4, 0.5) is 0 Å². The van der Waals surface area contributed by atoms with E-state index in [-0.39, 0.29) is 23.7 Å². The monoisotopic (exact) mass is 376 g/mol. The topological polar surface area (TPSA) is 49.4 Å². The van der Waals surface area contributed by atoms with E-state index in [1.807, 2.05) is 35.2 Å². The van der Waals surface area contributed by atoms with Gasteiger partial charge < -0.3 is 10.2 Å². The van der Waals surface area contributed by atoms with E-state index >= 15 is 0 Å². The summed E-state index contributed by atoms with van der Waals surface area (Å²) >= 11 is 0. The van der Waals surface area contributed by atoms with Gasteiger partial charge in [0.1, 0.15) is 0 Å². The first-order chi connectivity index (χ1) is 13.7. The minimum absolute atomic E-state index is 0.0598. The van der Waals surface area contributed by atoms with Crippen molar-refractivity contribution in [3.63, 3.8) is 0 Å². The van der Waals surface area contributed by atoms with Crippen LogP contribution in [0.15, 0.2) is 54.6 Å². The lowest BCUT2D eigenvalue weighted by atomic mass is 9.91. The number of carbonyl (C=O) groups is 2. The smallest absolute Gasteiger partial charge is 0.225 e. The first-order valence-electron chi connectivity index (χ1n) is 10.4. The number of hydrogen-bond acceptors (Lipinski definition) is 2. The van der Waals surface area contributed by atoms with Crippen LogP contribution < -0.4 is 5.32 Å². The molecule has 4 rings (SSSR count). The number of hydrogen-bond donors (Lipinski definition) is 1. The van der Waals surface area contributed by atoms with Crippen LogP contribution in [0.3, 0.4) is 0 Å². The Bertz CT molecular complexity index is 828. The predicted octanol–water partition coefficient (Wildman–Crippen LogP) is 3.66. The fourth-order valence-corrected chi connectivity index (χ4v) is 4.55. The molecule has 0 spiro atoms. The average molecular weight is 376 g/mol. The maximum Gasteiger partial charge on any atom is 0.225 e. The molecule has 2 amide bonds. The summed E-state index contributed by atoms with van der Waals surface area (Å²) < 4.78 is 0. The van der Waals surface area contributed by atoms with E-state index in [0.29, 0.717) is 26.1 Å². The lowest BCUT2D eigenvalue weighted by Gasteiger charge is -2.26. The van der Waals surface area contributed by atoms with Gasteiger partial charge in [-0.15, -0.1) is 0 Å². The fraction of sp³-hybridized carbons (Fsp3) is 0.417. The van der Waals surface area contributed by atoms with E-state index in [4.69, 9.17) is 0 Å². The predicted molar refractivity (Wildman–Crippen MR) is 111 cm³/mol. The third kappa shape index (κ3) is 4.11. The van der Waals surface area contributed by atoms with Crippen LogP contribution >= 0.6 is 0 Å². The molecule has 1 saturated carbocycles. The van der Waals surface area contributed by atoms with Gasteiger partial charge in [-0.2, -0.15) is 0 Å². The Morgan fingerprint density at radius 1 is 1.00 bits per heavy atom. The van der Waals surface area contributed by atoms with E-state index in [9.17, 15) is 9.59 Å². The second kappa shape index (κ2) is 8.59. The van der Waals surface area contributed by atoms with Gasteiger partial charge in [0, 0.05) is 25.6 Å². The second-order valence-corrected chi connectivity index (χ2v) is 7.98. The van der Waals surface area contributed by atoms with Gasteiger partial charge in [-0.1, -0.05) is 67.4 Å². The second-order valence-electron chi connectivity index (χ2n) is 7.98. The van der Waals surface area contributed by atoms with Crippen molar-refractivity contribution in [2.45, 2.75) is 32.1 Å². The maximum atomic E-state index is 12.9. The summed E-state index contributed by atoms with van der Waals surface area (Å²) in [6, 6.07) is 18.6. The number of benzene rings is 2. The summed E-state index contributed by atoms with van der Waals surface area (Å²) in [6.07, 6.45) is 4.94. The van der Waals surface area contributed by atoms with Gasteiger partial charge in [0.05, 0.1) is 5.92 Å². The van der Waals surface area contributed by atoms with Gasteiger partial charge >= 0.3 is 0 Å². The van der Waals surface area contributed by atoms with E-state index in [1.54, 1.807) is 0 Å². The molecular weight excluding hydrogens is 348 g/mol. The molecule has 28 heavy (non-hydrogen) atoms. The molecule has 1 aliphatic heterocycles. The molecule has 0 aromatic heterocycles. The molecule has 1 heterocycles. The van der Waals surface area contributed by atoms with E-state index < -0.39 is 0 Å². The molecule has 2 aromatic carbocycles. The van der Waals surface area contributed by atoms with E-state index in [2.05, 4.69) is 29.6 Å². The van der Waals surface area contributed by atoms with Crippen molar-refractivity contribution >= 4 is 11.8 Å². The van der Waals surface area contributed by atoms with Crippen molar-refractivity contribution in [3.8, 4) is 11.1 Å². The van der Waals surface area contributed by atoms with Crippen LogP contribution in [0.2, 0.25) is 0 Å². The molecule has 0 unspecified atom stereocenters. The van der Waals surface area contributed by atoms with Crippen molar-refractivity contribution in [2.24, 2.45) is 11.8 Å². The maximum absolute atomic E-state index is 12.9. The Balaban J connectivity index is 1.54. The standard InChI is InChI=1S/C24H28N2O2/c27-23-21(17-26(15-14-25-23)24(28)19-10-4-5-11-19)16-20-12-6-7-13-22(20)18-8-2-1-3-9-18/h1-3,6-9,12-13,19,21H,4-5,10-11,14-17H2,(H,25,27)/t21-/m0/s1. The van der Waals surface area contributed by atoms with Crippen LogP contribution in [0.25, 0.3) is 11.1 Å². The summed E-state index contributed by atoms with van der Waals surface area (Å²) in [5.41, 5.74) is 3.48. The third-order valence-electron chi connectivity index (χ3n) is 6.08. The van der Waals surface area contributed by atoms with Crippen LogP contribution in [0.1, 0.15) is 31.2 Å². The normalized spacial score (nSPS) is 20.6. The molecular formula is C24H28N2O2. The molecule has 2 aliphatic rings. The van der Waals surface area contributed by atoms with Gasteiger partial charge in [0.2, 0.25) is 11.8 Å². The molecule has 4 heteroatoms. The Morgan fingerprint density at radius 3 is 2.50 bits per heavy atom. The van der Waals surface area contributed by atoms with E-state index in [1.165, 1.54) is 0 Å². The Labute approximate surface area is 166 Å². The molecule has 1 atom stereocenters. The summed E-state index contributed by atoms with van der Waals surface area (Å²) in [4.78, 5) is 27.6. The van der Waals surface area contributed by atoms with Gasteiger partial charge in [-0.05, 0) is 36.0 Å². The first kappa shape index (κ1) is 18.7. The van der Waals surface area contributed by atoms with Gasteiger partial charge in [-0.3, -0.25) is 9.59 Å². The quantitative estimate of drug-likeness (QED) is 0.885. The SMILES string of the molecule is O=C1NCCN(C(=O)C2CCCC2)C[C@@H]1Cc1ccccc1-c1ccccc1. The van der Waals surface area contributed by atoms with Crippen molar-refractivity contribution in [1.29, 1.82) is 0 Å². The zero-order valence-corrected chi connectivity index (χ0v) is 16.3. The fourth-order valence-electron chi connectivity index (χ4n) is 4.55. The van der Waals surface area contributed by atoms with Gasteiger partial charge in [0.15, 0.2) is 0 Å². The zero-order valence-electron chi connectivity index (χ0n) is 16.3. The Morgan fingerprint density at radius 2 is 1.71 bits per heavy atom. The molecule has 2 fully saturated rings. The Kier molecular flexibility index (Phi) is 5.75. The van der Waals surface area contributed by atoms with Gasteiger partial charge in [-0.25, -0.2) is 0 Å². The summed E-state index contributed by atoms with van der Waals surface area (Å²) in [7, 11) is 0. The molecule has 0 bridgehead atoms. The highest BCUT2D eigenvalue weighted by Crippen LogP contribution is 2.29. The first-order valence-corrected chi connectivity index (χ1v) is 10.4. The van der Waals surface area contributed by atoms with Crippen molar-refractivity contribution in [2.75, 3.05) is 19.6 Å². The molecule has 4 nitrogen and oxygen atoms in total. The lowest BCUT2D eigenvalue weighted by Crippen LogP contribution is -2.40. The lowest BCUT2D eigenvalue weighted by molar-refractivity contribution is -0.136. The highest BCUT2D eigenvalue weighted by Gasteiger charge is 2.32. The summed E-state index contributed by atoms with van der Waals surface area (Å²) in [5.74, 6) is 0.253. The largest absolute Gasteiger partial charge is 0.354 e. The minimum Gasteiger partial charge on any atom is -0.354 e. The zero-order chi connectivity index (χ0) is 19.3. The summed E-state index contributed by atoms with van der Waals surface area (Å²) in [6.45, 7) is 1.69. The molecule has 1 aliphatic carbocycles. The van der Waals surface area contributed by atoms with Gasteiger partial charge in [0.25, 0.3) is 0 Å². The summed E-state index contributed by atoms with van der Waals surface area (Å²) in [5, 5.41) is 3.02. The number of nitrogens with one attached hydrogen (secondary N) is 1. The molecule has 1 N–H and O–H groups in total. The molecule has 146 valence electrons. The highest BCUT2D eigenvalue weighted by atomic mass is 16.2. The van der Waals surface area contributed by atoms with Crippen LogP contribution in [0, 0.1) is 11.8 Å². The van der Waals surface area contributed by atoms with Crippen LogP contribution in [0.5, 0.6) is 0 Å². The Hall–Kier alpha value is -2.62. The molecule has 1 saturated heterocycles. The number of nitrogens with zero attached hydrogens (tertiary/aromatic N) is 1. The minimum atomic E-state index is -0.210. The van der Waals surface area contributed by atoms with Crippen molar-refractivity contribution < 1.29 is 9.59 Å².